The molecule has 0 aromatic carbocycles. The summed E-state index contributed by atoms with van der Waals surface area (Å²) in [5.74, 6) is 0. The molecule has 0 radical (unpaired) electrons. The van der Waals surface area contributed by atoms with Crippen molar-refractivity contribution in [2.24, 2.45) is 0 Å². The molecular formula is C8H10N2S4. The number of thiazole rings is 2. The molecule has 0 fully saturated rings. The largest absolute Gasteiger partial charge is 0.238 e. The number of hydrogen-bond donors (Lipinski definition) is 0. The maximum absolute atomic E-state index is 4.15. The van der Waals surface area contributed by atoms with Gasteiger partial charge in [0.05, 0.1) is 11.0 Å². The third-order valence-electron chi connectivity index (χ3n) is 1.03. The summed E-state index contributed by atoms with van der Waals surface area (Å²) in [7, 11) is 3.29. The first kappa shape index (κ1) is 12.0. The SMILES string of the molecule is CC.c1nc(SSc2cscn2)cs1. The maximum Gasteiger partial charge on any atom is 0.118 e. The van der Waals surface area contributed by atoms with E-state index in [1.165, 1.54) is 0 Å². The zero-order chi connectivity index (χ0) is 10.2. The molecule has 14 heavy (non-hydrogen) atoms. The summed E-state index contributed by atoms with van der Waals surface area (Å²) in [6.07, 6.45) is 0. The zero-order valence-corrected chi connectivity index (χ0v) is 11.1. The second kappa shape index (κ2) is 7.28. The first-order chi connectivity index (χ1) is 6.95. The maximum atomic E-state index is 4.15. The number of rotatable bonds is 3. The molecule has 0 aliphatic carbocycles. The highest BCUT2D eigenvalue weighted by molar-refractivity contribution is 8.76. The van der Waals surface area contributed by atoms with E-state index in [1.807, 2.05) is 35.6 Å². The van der Waals surface area contributed by atoms with Gasteiger partial charge >= 0.3 is 0 Å². The van der Waals surface area contributed by atoms with Gasteiger partial charge in [0.2, 0.25) is 0 Å². The van der Waals surface area contributed by atoms with Gasteiger partial charge in [-0.05, 0) is 21.6 Å². The minimum Gasteiger partial charge on any atom is -0.238 e. The average Bonchev–Trinajstić information content (AvgIpc) is 2.91. The fraction of sp³-hybridized carbons (Fsp3) is 0.250. The Bertz CT molecular complexity index is 283. The third-order valence-corrected chi connectivity index (χ3v) is 4.65. The lowest BCUT2D eigenvalue weighted by atomic mass is 11.0. The summed E-state index contributed by atoms with van der Waals surface area (Å²) >= 11 is 3.23. The molecule has 2 aromatic heterocycles. The summed E-state index contributed by atoms with van der Waals surface area (Å²) in [6, 6.07) is 0. The lowest BCUT2D eigenvalue weighted by molar-refractivity contribution is 1.21. The van der Waals surface area contributed by atoms with Crippen LogP contribution in [0.3, 0.4) is 0 Å². The van der Waals surface area contributed by atoms with Crippen molar-refractivity contribution < 1.29 is 0 Å². The second-order valence-electron chi connectivity index (χ2n) is 1.82. The first-order valence-corrected chi connectivity index (χ1v) is 8.09. The van der Waals surface area contributed by atoms with Crippen LogP contribution in [0, 0.1) is 0 Å². The second-order valence-corrected chi connectivity index (χ2v) is 5.43. The van der Waals surface area contributed by atoms with Crippen LogP contribution < -0.4 is 0 Å². The molecule has 76 valence electrons. The fourth-order valence-corrected chi connectivity index (χ4v) is 4.02. The Labute approximate surface area is 99.6 Å². The van der Waals surface area contributed by atoms with Gasteiger partial charge < -0.3 is 0 Å². The Morgan fingerprint density at radius 2 is 1.36 bits per heavy atom. The van der Waals surface area contributed by atoms with Crippen molar-refractivity contribution in [3.8, 4) is 0 Å². The quantitative estimate of drug-likeness (QED) is 0.764. The number of hydrogen-bond acceptors (Lipinski definition) is 6. The molecule has 0 N–H and O–H groups in total. The molecule has 0 unspecified atom stereocenters. The van der Waals surface area contributed by atoms with Gasteiger partial charge in [0.1, 0.15) is 10.1 Å². The molecule has 0 amide bonds. The summed E-state index contributed by atoms with van der Waals surface area (Å²) in [5.41, 5.74) is 3.67. The molecule has 0 aliphatic heterocycles. The normalized spacial score (nSPS) is 9.29. The van der Waals surface area contributed by atoms with E-state index in [-0.39, 0.29) is 0 Å². The van der Waals surface area contributed by atoms with Gasteiger partial charge in [0.25, 0.3) is 0 Å². The van der Waals surface area contributed by atoms with Crippen LogP contribution in [0.5, 0.6) is 0 Å². The monoisotopic (exact) mass is 262 g/mol. The van der Waals surface area contributed by atoms with Crippen LogP contribution in [-0.4, -0.2) is 9.97 Å². The molecule has 2 heterocycles. The fourth-order valence-electron chi connectivity index (χ4n) is 0.571. The highest BCUT2D eigenvalue weighted by atomic mass is 33.1. The van der Waals surface area contributed by atoms with Crippen molar-refractivity contribution in [1.29, 1.82) is 0 Å². The van der Waals surface area contributed by atoms with Crippen LogP contribution in [0.15, 0.2) is 31.8 Å². The van der Waals surface area contributed by atoms with Gasteiger partial charge in [0, 0.05) is 10.8 Å². The molecule has 0 atom stereocenters. The molecular weight excluding hydrogens is 252 g/mol. The molecule has 2 aromatic rings. The summed E-state index contributed by atoms with van der Waals surface area (Å²) in [5, 5.41) is 6.17. The Morgan fingerprint density at radius 1 is 0.929 bits per heavy atom. The van der Waals surface area contributed by atoms with Crippen molar-refractivity contribution in [2.45, 2.75) is 23.9 Å². The Kier molecular flexibility index (Phi) is 6.25. The molecule has 0 saturated carbocycles. The van der Waals surface area contributed by atoms with Crippen LogP contribution in [0.4, 0.5) is 0 Å². The predicted octanol–water partition coefficient (Wildman–Crippen LogP) is 4.43. The van der Waals surface area contributed by atoms with Crippen molar-refractivity contribution in [3.05, 3.63) is 21.8 Å². The van der Waals surface area contributed by atoms with E-state index in [0.717, 1.165) is 10.1 Å². The van der Waals surface area contributed by atoms with E-state index in [1.54, 1.807) is 44.3 Å². The smallest absolute Gasteiger partial charge is 0.118 e. The van der Waals surface area contributed by atoms with Crippen LogP contribution in [0.25, 0.3) is 0 Å². The standard InChI is InChI=1S/C6H4N2S4.C2H6/c1-5(7-3-9-1)11-12-6-2-10-4-8-6;1-2/h1-4H;1-2H3. The summed E-state index contributed by atoms with van der Waals surface area (Å²) < 4.78 is 0. The van der Waals surface area contributed by atoms with Gasteiger partial charge in [-0.1, -0.05) is 13.8 Å². The van der Waals surface area contributed by atoms with Gasteiger partial charge in [-0.3, -0.25) is 0 Å². The Morgan fingerprint density at radius 3 is 1.64 bits per heavy atom. The average molecular weight is 262 g/mol. The molecule has 0 aliphatic rings. The van der Waals surface area contributed by atoms with E-state index in [2.05, 4.69) is 9.97 Å². The van der Waals surface area contributed by atoms with Gasteiger partial charge in [-0.2, -0.15) is 0 Å². The van der Waals surface area contributed by atoms with E-state index < -0.39 is 0 Å². The van der Waals surface area contributed by atoms with Crippen LogP contribution in [-0.2, 0) is 0 Å². The molecule has 2 nitrogen and oxygen atoms in total. The summed E-state index contributed by atoms with van der Waals surface area (Å²) in [6.45, 7) is 4.00. The lowest BCUT2D eigenvalue weighted by Crippen LogP contribution is -1.65. The highest BCUT2D eigenvalue weighted by Crippen LogP contribution is 2.36. The number of nitrogens with zero attached hydrogens (tertiary/aromatic N) is 2. The molecule has 0 saturated heterocycles. The van der Waals surface area contributed by atoms with Crippen molar-refractivity contribution >= 4 is 44.3 Å². The van der Waals surface area contributed by atoms with E-state index in [9.17, 15) is 0 Å². The van der Waals surface area contributed by atoms with Gasteiger partial charge in [-0.25, -0.2) is 9.97 Å². The highest BCUT2D eigenvalue weighted by Gasteiger charge is 1.99. The minimum absolute atomic E-state index is 1.05. The molecule has 0 spiro atoms. The zero-order valence-electron chi connectivity index (χ0n) is 7.84. The van der Waals surface area contributed by atoms with Gasteiger partial charge in [-0.15, -0.1) is 22.7 Å². The first-order valence-electron chi connectivity index (χ1n) is 4.06. The topological polar surface area (TPSA) is 25.8 Å². The lowest BCUT2D eigenvalue weighted by Gasteiger charge is -1.90. The minimum atomic E-state index is 1.05. The van der Waals surface area contributed by atoms with Crippen LogP contribution in [0.1, 0.15) is 13.8 Å². The third kappa shape index (κ3) is 4.00. The molecule has 0 bridgehead atoms. The summed E-state index contributed by atoms with van der Waals surface area (Å²) in [4.78, 5) is 8.30. The van der Waals surface area contributed by atoms with E-state index in [4.69, 9.17) is 0 Å². The number of aromatic nitrogens is 2. The van der Waals surface area contributed by atoms with Gasteiger partial charge in [0.15, 0.2) is 0 Å². The van der Waals surface area contributed by atoms with Crippen LogP contribution >= 0.6 is 44.3 Å². The molecule has 2 rings (SSSR count). The predicted molar refractivity (Wildman–Crippen MR) is 67.3 cm³/mol. The van der Waals surface area contributed by atoms with E-state index >= 15 is 0 Å². The van der Waals surface area contributed by atoms with Crippen molar-refractivity contribution in [2.75, 3.05) is 0 Å². The van der Waals surface area contributed by atoms with Crippen LogP contribution in [0.2, 0.25) is 0 Å². The molecule has 6 heteroatoms. The Hall–Kier alpha value is -0.0400. The van der Waals surface area contributed by atoms with Crippen molar-refractivity contribution in [3.63, 3.8) is 0 Å². The van der Waals surface area contributed by atoms with E-state index in [0.29, 0.717) is 0 Å². The van der Waals surface area contributed by atoms with Crippen molar-refractivity contribution in [1.82, 2.24) is 9.97 Å². The Balaban J connectivity index is 0.000000461.